The molecule has 1 aliphatic heterocycles. The number of aromatic nitrogens is 2. The number of amides is 1. The van der Waals surface area contributed by atoms with Gasteiger partial charge in [0.25, 0.3) is 5.78 Å². The first-order chi connectivity index (χ1) is 18.1. The van der Waals surface area contributed by atoms with Gasteiger partial charge in [0.2, 0.25) is 0 Å². The third kappa shape index (κ3) is 3.82. The van der Waals surface area contributed by atoms with Gasteiger partial charge in [0.15, 0.2) is 5.13 Å². The van der Waals surface area contributed by atoms with Crippen LogP contribution in [0, 0.1) is 0 Å². The molecule has 1 atom stereocenters. The van der Waals surface area contributed by atoms with E-state index in [1.54, 1.807) is 30.5 Å². The van der Waals surface area contributed by atoms with Crippen molar-refractivity contribution in [1.29, 1.82) is 0 Å². The summed E-state index contributed by atoms with van der Waals surface area (Å²) in [5.74, 6) is -1.09. The molecule has 3 aromatic carbocycles. The molecule has 0 saturated carbocycles. The molecular weight excluding hydrogens is 486 g/mol. The average Bonchev–Trinajstić information content (AvgIpc) is 3.46. The number of Topliss-reactive ketones (excluding diaryl/α,β-unsaturated/α-hetero) is 1. The fraction of sp³-hybridized carbons (Fsp3) is 0.103. The van der Waals surface area contributed by atoms with E-state index in [4.69, 9.17) is 4.74 Å². The van der Waals surface area contributed by atoms with Gasteiger partial charge in [-0.2, -0.15) is 0 Å². The van der Waals surface area contributed by atoms with Crippen LogP contribution >= 0.6 is 11.3 Å². The molecule has 0 aliphatic carbocycles. The van der Waals surface area contributed by atoms with E-state index in [9.17, 15) is 14.7 Å². The summed E-state index contributed by atoms with van der Waals surface area (Å²) in [5.41, 5.74) is 1.59. The summed E-state index contributed by atoms with van der Waals surface area (Å²) < 4.78 is 6.42. The van der Waals surface area contributed by atoms with Crippen molar-refractivity contribution in [2.45, 2.75) is 13.0 Å². The molecule has 182 valence electrons. The number of pyridine rings is 1. The zero-order chi connectivity index (χ0) is 25.5. The molecule has 3 heterocycles. The lowest BCUT2D eigenvalue weighted by Gasteiger charge is -2.22. The number of aliphatic hydroxyl groups excluding tert-OH is 1. The van der Waals surface area contributed by atoms with Crippen LogP contribution in [0.2, 0.25) is 0 Å². The van der Waals surface area contributed by atoms with Gasteiger partial charge < -0.3 is 9.84 Å². The van der Waals surface area contributed by atoms with Crippen molar-refractivity contribution >= 4 is 54.9 Å². The number of fused-ring (bicyclic) bond motifs is 2. The van der Waals surface area contributed by atoms with Gasteiger partial charge in [0.1, 0.15) is 17.6 Å². The Morgan fingerprint density at radius 3 is 2.65 bits per heavy atom. The topological polar surface area (TPSA) is 92.6 Å². The van der Waals surface area contributed by atoms with Crippen LogP contribution in [-0.2, 0) is 9.59 Å². The summed E-state index contributed by atoms with van der Waals surface area (Å²) >= 11 is 1.28. The van der Waals surface area contributed by atoms with Gasteiger partial charge in [0.05, 0.1) is 28.1 Å². The number of benzene rings is 3. The fourth-order valence-corrected chi connectivity index (χ4v) is 5.70. The highest BCUT2D eigenvalue weighted by atomic mass is 32.1. The number of nitrogens with zero attached hydrogens (tertiary/aromatic N) is 3. The van der Waals surface area contributed by atoms with Crippen LogP contribution in [0.5, 0.6) is 5.75 Å². The van der Waals surface area contributed by atoms with E-state index in [-0.39, 0.29) is 11.3 Å². The molecule has 2 aromatic heterocycles. The highest BCUT2D eigenvalue weighted by molar-refractivity contribution is 7.22. The quantitative estimate of drug-likeness (QED) is 0.182. The molecule has 7 nitrogen and oxygen atoms in total. The largest absolute Gasteiger partial charge is 0.507 e. The van der Waals surface area contributed by atoms with Crippen molar-refractivity contribution in [2.24, 2.45) is 0 Å². The zero-order valence-corrected chi connectivity index (χ0v) is 20.6. The van der Waals surface area contributed by atoms with Crippen molar-refractivity contribution in [3.63, 3.8) is 0 Å². The molecule has 1 N–H and O–H groups in total. The Hall–Kier alpha value is -4.56. The van der Waals surface area contributed by atoms with Crippen LogP contribution < -0.4 is 9.64 Å². The number of carbonyl (C=O) groups excluding carboxylic acids is 2. The van der Waals surface area contributed by atoms with Gasteiger partial charge in [-0.1, -0.05) is 59.9 Å². The molecular formula is C29H21N3O4S. The minimum Gasteiger partial charge on any atom is -0.507 e. The molecule has 37 heavy (non-hydrogen) atoms. The Bertz CT molecular complexity index is 1710. The van der Waals surface area contributed by atoms with Crippen molar-refractivity contribution in [3.05, 3.63) is 102 Å². The Balaban J connectivity index is 1.56. The summed E-state index contributed by atoms with van der Waals surface area (Å²) in [6.07, 6.45) is 1.60. The molecule has 1 saturated heterocycles. The summed E-state index contributed by atoms with van der Waals surface area (Å²) in [6.45, 7) is 2.43. The van der Waals surface area contributed by atoms with Crippen LogP contribution in [0.3, 0.4) is 0 Å². The Morgan fingerprint density at radius 1 is 1.03 bits per heavy atom. The lowest BCUT2D eigenvalue weighted by atomic mass is 9.95. The maximum absolute atomic E-state index is 13.5. The molecule has 6 rings (SSSR count). The first-order valence-electron chi connectivity index (χ1n) is 11.8. The predicted octanol–water partition coefficient (Wildman–Crippen LogP) is 5.87. The third-order valence-electron chi connectivity index (χ3n) is 6.32. The number of carbonyl (C=O) groups is 2. The van der Waals surface area contributed by atoms with Crippen molar-refractivity contribution < 1.29 is 19.4 Å². The van der Waals surface area contributed by atoms with Crippen molar-refractivity contribution in [2.75, 3.05) is 11.5 Å². The molecule has 1 fully saturated rings. The minimum atomic E-state index is -0.938. The molecule has 5 aromatic rings. The predicted molar refractivity (Wildman–Crippen MR) is 144 cm³/mol. The lowest BCUT2D eigenvalue weighted by Crippen LogP contribution is -2.29. The van der Waals surface area contributed by atoms with Crippen LogP contribution in [0.15, 0.2) is 90.6 Å². The first-order valence-corrected chi connectivity index (χ1v) is 12.6. The van der Waals surface area contributed by atoms with E-state index < -0.39 is 17.7 Å². The van der Waals surface area contributed by atoms with Gasteiger partial charge in [0, 0.05) is 11.8 Å². The van der Waals surface area contributed by atoms with Gasteiger partial charge in [-0.25, -0.2) is 4.98 Å². The van der Waals surface area contributed by atoms with Crippen LogP contribution in [-0.4, -0.2) is 33.4 Å². The molecule has 1 amide bonds. The fourth-order valence-electron chi connectivity index (χ4n) is 4.68. The van der Waals surface area contributed by atoms with Gasteiger partial charge >= 0.3 is 5.91 Å². The van der Waals surface area contributed by atoms with Crippen LogP contribution in [0.25, 0.3) is 26.7 Å². The summed E-state index contributed by atoms with van der Waals surface area (Å²) in [7, 11) is 0. The normalized spacial score (nSPS) is 17.1. The molecule has 1 unspecified atom stereocenters. The van der Waals surface area contributed by atoms with E-state index in [1.165, 1.54) is 16.2 Å². The number of rotatable bonds is 5. The smallest absolute Gasteiger partial charge is 0.301 e. The number of thiazole rings is 1. The SMILES string of the molecule is CCOc1ccc2nc(N3C(=O)C(=O)/C(=C(/O)c4cccc5ccccc45)C3c3ccccn3)sc2c1. The van der Waals surface area contributed by atoms with Crippen LogP contribution in [0.4, 0.5) is 5.13 Å². The number of anilines is 1. The standard InChI is InChI=1S/C29H21N3O4S/c1-2-36-18-13-14-21-23(16-18)37-29(31-21)32-25(22-12-5-6-15-30-22)24(27(34)28(32)35)26(33)20-11-7-9-17-8-3-4-10-19(17)20/h3-16,25,33H,2H2,1H3/b26-24+. The Labute approximate surface area is 216 Å². The maximum atomic E-state index is 13.5. The molecule has 8 heteroatoms. The molecule has 0 radical (unpaired) electrons. The second kappa shape index (κ2) is 9.15. The zero-order valence-electron chi connectivity index (χ0n) is 19.8. The Morgan fingerprint density at radius 2 is 1.84 bits per heavy atom. The van der Waals surface area contributed by atoms with Crippen molar-refractivity contribution in [3.8, 4) is 5.75 Å². The number of hydrogen-bond acceptors (Lipinski definition) is 7. The van der Waals surface area contributed by atoms with Gasteiger partial charge in [-0.15, -0.1) is 0 Å². The highest BCUT2D eigenvalue weighted by Gasteiger charge is 2.49. The number of ketones is 1. The second-order valence-corrected chi connectivity index (χ2v) is 9.52. The number of aliphatic hydroxyl groups is 1. The van der Waals surface area contributed by atoms with E-state index in [1.807, 2.05) is 61.5 Å². The summed E-state index contributed by atoms with van der Waals surface area (Å²) in [5, 5.41) is 13.6. The second-order valence-electron chi connectivity index (χ2n) is 8.51. The number of hydrogen-bond donors (Lipinski definition) is 1. The van der Waals surface area contributed by atoms with E-state index >= 15 is 0 Å². The first kappa shape index (κ1) is 22.9. The van der Waals surface area contributed by atoms with Gasteiger partial charge in [-0.3, -0.25) is 19.5 Å². The molecule has 1 aliphatic rings. The van der Waals surface area contributed by atoms with Crippen molar-refractivity contribution in [1.82, 2.24) is 9.97 Å². The highest BCUT2D eigenvalue weighted by Crippen LogP contribution is 2.44. The average molecular weight is 508 g/mol. The van der Waals surface area contributed by atoms with E-state index in [2.05, 4.69) is 9.97 Å². The van der Waals surface area contributed by atoms with E-state index in [0.29, 0.717) is 34.3 Å². The lowest BCUT2D eigenvalue weighted by molar-refractivity contribution is -0.132. The Kier molecular flexibility index (Phi) is 5.65. The monoisotopic (exact) mass is 507 g/mol. The molecule has 0 bridgehead atoms. The minimum absolute atomic E-state index is 0.0192. The summed E-state index contributed by atoms with van der Waals surface area (Å²) in [4.78, 5) is 37.4. The van der Waals surface area contributed by atoms with Gasteiger partial charge in [-0.05, 0) is 48.0 Å². The molecule has 0 spiro atoms. The number of ether oxygens (including phenoxy) is 1. The van der Waals surface area contributed by atoms with E-state index in [0.717, 1.165) is 15.5 Å². The van der Waals surface area contributed by atoms with Crippen LogP contribution in [0.1, 0.15) is 24.2 Å². The third-order valence-corrected chi connectivity index (χ3v) is 7.34. The maximum Gasteiger partial charge on any atom is 0.301 e. The summed E-state index contributed by atoms with van der Waals surface area (Å²) in [6, 6.07) is 22.9.